The molecule has 1 amide bonds. The van der Waals surface area contributed by atoms with Crippen molar-refractivity contribution in [2.75, 3.05) is 5.32 Å². The molecule has 27 heavy (non-hydrogen) atoms. The summed E-state index contributed by atoms with van der Waals surface area (Å²) in [5, 5.41) is 7.94. The number of para-hydroxylation sites is 2. The zero-order valence-corrected chi connectivity index (χ0v) is 16.9. The molecular formula is C20H21ClN4OS. The van der Waals surface area contributed by atoms with Gasteiger partial charge in [-0.2, -0.15) is 0 Å². The van der Waals surface area contributed by atoms with Crippen LogP contribution in [0, 0.1) is 0 Å². The molecule has 140 valence electrons. The Morgan fingerprint density at radius 1 is 1.04 bits per heavy atom. The maximum atomic E-state index is 12.2. The van der Waals surface area contributed by atoms with E-state index in [1.165, 1.54) is 11.8 Å². The molecule has 5 nitrogen and oxygen atoms in total. The number of nitrogens with one attached hydrogen (secondary N) is 2. The normalized spacial score (nSPS) is 12.2. The van der Waals surface area contributed by atoms with Crippen molar-refractivity contribution < 1.29 is 4.79 Å². The summed E-state index contributed by atoms with van der Waals surface area (Å²) in [6.45, 7) is 5.73. The fourth-order valence-electron chi connectivity index (χ4n) is 2.51. The molecule has 0 bridgehead atoms. The van der Waals surface area contributed by atoms with Crippen molar-refractivity contribution in [1.29, 1.82) is 0 Å². The topological polar surface area (TPSA) is 66.9 Å². The van der Waals surface area contributed by atoms with E-state index in [4.69, 9.17) is 11.6 Å². The summed E-state index contributed by atoms with van der Waals surface area (Å²) in [5.41, 5.74) is 1.57. The van der Waals surface area contributed by atoms with Gasteiger partial charge in [0.25, 0.3) is 0 Å². The van der Waals surface area contributed by atoms with Gasteiger partial charge < -0.3 is 10.6 Å². The fraction of sp³-hybridized carbons (Fsp3) is 0.250. The van der Waals surface area contributed by atoms with Gasteiger partial charge in [-0.15, -0.1) is 0 Å². The van der Waals surface area contributed by atoms with Crippen molar-refractivity contribution in [3.8, 4) is 0 Å². The molecular weight excluding hydrogens is 380 g/mol. The minimum absolute atomic E-state index is 0.0348. The molecule has 0 fully saturated rings. The van der Waals surface area contributed by atoms with E-state index in [9.17, 15) is 4.79 Å². The fourth-order valence-corrected chi connectivity index (χ4v) is 3.48. The molecule has 0 saturated carbocycles. The minimum atomic E-state index is -0.304. The molecule has 0 aliphatic carbocycles. The number of carbonyl (C=O) groups excluding carboxylic acids is 1. The monoisotopic (exact) mass is 400 g/mol. The predicted molar refractivity (Wildman–Crippen MR) is 113 cm³/mol. The Bertz CT molecular complexity index is 964. The van der Waals surface area contributed by atoms with Crippen LogP contribution in [0.3, 0.4) is 0 Å². The zero-order valence-electron chi connectivity index (χ0n) is 15.4. The number of hydrogen-bond donors (Lipinski definition) is 2. The number of anilines is 2. The Balaban J connectivity index is 1.93. The largest absolute Gasteiger partial charge is 0.353 e. The average Bonchev–Trinajstić information content (AvgIpc) is 2.63. The summed E-state index contributed by atoms with van der Waals surface area (Å²) in [4.78, 5) is 21.5. The SMILES string of the molecule is CC(C)NC(=O)C(C)Sc1nc(Nc2ccccc2Cl)c2ccccc2n1. The lowest BCUT2D eigenvalue weighted by Gasteiger charge is -2.15. The van der Waals surface area contributed by atoms with Gasteiger partial charge in [-0.05, 0) is 45.0 Å². The first kappa shape index (κ1) is 19.5. The van der Waals surface area contributed by atoms with Crippen LogP contribution in [0.1, 0.15) is 20.8 Å². The first-order chi connectivity index (χ1) is 12.9. The number of aromatic nitrogens is 2. The number of hydrogen-bond acceptors (Lipinski definition) is 5. The molecule has 0 saturated heterocycles. The van der Waals surface area contributed by atoms with Crippen LogP contribution in [-0.2, 0) is 4.79 Å². The van der Waals surface area contributed by atoms with E-state index < -0.39 is 0 Å². The molecule has 0 radical (unpaired) electrons. The molecule has 1 aromatic heterocycles. The van der Waals surface area contributed by atoms with E-state index in [1.807, 2.05) is 69.3 Å². The van der Waals surface area contributed by atoms with Gasteiger partial charge in [-0.1, -0.05) is 47.6 Å². The summed E-state index contributed by atoms with van der Waals surface area (Å²) in [6.07, 6.45) is 0. The van der Waals surface area contributed by atoms with Crippen molar-refractivity contribution in [3.63, 3.8) is 0 Å². The van der Waals surface area contributed by atoms with Crippen molar-refractivity contribution in [1.82, 2.24) is 15.3 Å². The summed E-state index contributed by atoms with van der Waals surface area (Å²) < 4.78 is 0. The highest BCUT2D eigenvalue weighted by Gasteiger charge is 2.18. The minimum Gasteiger partial charge on any atom is -0.353 e. The predicted octanol–water partition coefficient (Wildman–Crippen LogP) is 5.03. The zero-order chi connectivity index (χ0) is 19.4. The maximum absolute atomic E-state index is 12.2. The van der Waals surface area contributed by atoms with E-state index in [0.29, 0.717) is 16.0 Å². The molecule has 2 N–H and O–H groups in total. The molecule has 3 aromatic rings. The van der Waals surface area contributed by atoms with Crippen LogP contribution < -0.4 is 10.6 Å². The number of halogens is 1. The summed E-state index contributed by atoms with van der Waals surface area (Å²) in [7, 11) is 0. The van der Waals surface area contributed by atoms with Gasteiger partial charge in [0.05, 0.1) is 21.5 Å². The quantitative estimate of drug-likeness (QED) is 0.448. The molecule has 0 aliphatic rings. The third kappa shape index (κ3) is 4.90. The second-order valence-corrected chi connectivity index (χ2v) is 8.12. The molecule has 0 aliphatic heterocycles. The van der Waals surface area contributed by atoms with Gasteiger partial charge in [0.1, 0.15) is 5.82 Å². The molecule has 3 rings (SSSR count). The highest BCUT2D eigenvalue weighted by atomic mass is 35.5. The third-order valence-corrected chi connectivity index (χ3v) is 5.08. The highest BCUT2D eigenvalue weighted by Crippen LogP contribution is 2.30. The maximum Gasteiger partial charge on any atom is 0.233 e. The van der Waals surface area contributed by atoms with Crippen molar-refractivity contribution in [2.24, 2.45) is 0 Å². The Morgan fingerprint density at radius 3 is 2.48 bits per heavy atom. The summed E-state index contributed by atoms with van der Waals surface area (Å²) in [6, 6.07) is 15.3. The molecule has 7 heteroatoms. The van der Waals surface area contributed by atoms with Crippen LogP contribution in [0.5, 0.6) is 0 Å². The van der Waals surface area contributed by atoms with Gasteiger partial charge in [-0.25, -0.2) is 9.97 Å². The smallest absolute Gasteiger partial charge is 0.233 e. The van der Waals surface area contributed by atoms with E-state index in [1.54, 1.807) is 0 Å². The van der Waals surface area contributed by atoms with Gasteiger partial charge in [0, 0.05) is 11.4 Å². The Hall–Kier alpha value is -2.31. The number of carbonyl (C=O) groups is 1. The molecule has 0 spiro atoms. The van der Waals surface area contributed by atoms with Crippen LogP contribution in [0.25, 0.3) is 10.9 Å². The molecule has 1 atom stereocenters. The first-order valence-electron chi connectivity index (χ1n) is 8.69. The molecule has 1 unspecified atom stereocenters. The second kappa shape index (κ2) is 8.59. The number of benzene rings is 2. The van der Waals surface area contributed by atoms with E-state index in [-0.39, 0.29) is 17.2 Å². The number of nitrogens with zero attached hydrogens (tertiary/aromatic N) is 2. The number of rotatable bonds is 6. The van der Waals surface area contributed by atoms with Gasteiger partial charge >= 0.3 is 0 Å². The van der Waals surface area contributed by atoms with Crippen molar-refractivity contribution in [2.45, 2.75) is 37.2 Å². The van der Waals surface area contributed by atoms with E-state index >= 15 is 0 Å². The number of thioether (sulfide) groups is 1. The summed E-state index contributed by atoms with van der Waals surface area (Å²) >= 11 is 7.61. The van der Waals surface area contributed by atoms with E-state index in [0.717, 1.165) is 16.6 Å². The van der Waals surface area contributed by atoms with Crippen molar-refractivity contribution >= 4 is 51.7 Å². The van der Waals surface area contributed by atoms with Gasteiger partial charge in [0.2, 0.25) is 5.91 Å². The lowest BCUT2D eigenvalue weighted by Crippen LogP contribution is -2.35. The van der Waals surface area contributed by atoms with Gasteiger partial charge in [-0.3, -0.25) is 4.79 Å². The Kier molecular flexibility index (Phi) is 6.19. The van der Waals surface area contributed by atoms with Crippen molar-refractivity contribution in [3.05, 3.63) is 53.6 Å². The lowest BCUT2D eigenvalue weighted by atomic mass is 10.2. The lowest BCUT2D eigenvalue weighted by molar-refractivity contribution is -0.120. The van der Waals surface area contributed by atoms with Crippen LogP contribution >= 0.6 is 23.4 Å². The van der Waals surface area contributed by atoms with Crippen LogP contribution in [-0.4, -0.2) is 27.2 Å². The standard InChI is InChI=1S/C20H21ClN4OS/c1-12(2)22-19(26)13(3)27-20-24-16-10-6-4-8-14(16)18(25-20)23-17-11-7-5-9-15(17)21/h4-13H,1-3H3,(H,22,26)(H,23,24,25). The molecule has 1 heterocycles. The van der Waals surface area contributed by atoms with Crippen LogP contribution in [0.2, 0.25) is 5.02 Å². The number of fused-ring (bicyclic) bond motifs is 1. The third-order valence-electron chi connectivity index (χ3n) is 3.79. The first-order valence-corrected chi connectivity index (χ1v) is 9.95. The molecule has 2 aromatic carbocycles. The Morgan fingerprint density at radius 2 is 1.74 bits per heavy atom. The highest BCUT2D eigenvalue weighted by molar-refractivity contribution is 8.00. The number of amides is 1. The Labute approximate surface area is 167 Å². The summed E-state index contributed by atoms with van der Waals surface area (Å²) in [5.74, 6) is 0.625. The second-order valence-electron chi connectivity index (χ2n) is 6.40. The average molecular weight is 401 g/mol. The van der Waals surface area contributed by atoms with E-state index in [2.05, 4.69) is 20.6 Å². The van der Waals surface area contributed by atoms with Gasteiger partial charge in [0.15, 0.2) is 5.16 Å². The van der Waals surface area contributed by atoms with Crippen LogP contribution in [0.4, 0.5) is 11.5 Å². The van der Waals surface area contributed by atoms with Crippen LogP contribution in [0.15, 0.2) is 53.7 Å².